The van der Waals surface area contributed by atoms with Gasteiger partial charge in [-0.15, -0.1) is 0 Å². The lowest BCUT2D eigenvalue weighted by Crippen LogP contribution is -2.49. The van der Waals surface area contributed by atoms with Crippen LogP contribution in [0.1, 0.15) is 51.4 Å². The maximum absolute atomic E-state index is 12.3. The smallest absolute Gasteiger partial charge is 0.223 e. The van der Waals surface area contributed by atoms with Crippen molar-refractivity contribution in [2.24, 2.45) is 11.1 Å². The Hall–Kier alpha value is -0.610. The summed E-state index contributed by atoms with van der Waals surface area (Å²) in [6, 6.07) is 0.0150. The van der Waals surface area contributed by atoms with Crippen LogP contribution in [0.3, 0.4) is 0 Å². The fraction of sp³-hybridized carbons (Fsp3) is 0.929. The lowest BCUT2D eigenvalue weighted by Gasteiger charge is -2.43. The highest BCUT2D eigenvalue weighted by Crippen LogP contribution is 2.43. The van der Waals surface area contributed by atoms with Gasteiger partial charge >= 0.3 is 0 Å². The molecule has 0 saturated heterocycles. The van der Waals surface area contributed by atoms with Gasteiger partial charge in [0.1, 0.15) is 0 Å². The largest absolute Gasteiger partial charge is 0.391 e. The molecule has 1 amide bonds. The van der Waals surface area contributed by atoms with E-state index in [9.17, 15) is 9.90 Å². The summed E-state index contributed by atoms with van der Waals surface area (Å²) in [6.07, 6.45) is 7.51. The predicted molar refractivity (Wildman–Crippen MR) is 71.0 cm³/mol. The molecule has 0 bridgehead atoms. The van der Waals surface area contributed by atoms with Gasteiger partial charge in [-0.1, -0.05) is 19.3 Å². The van der Waals surface area contributed by atoms with Crippen LogP contribution in [-0.2, 0) is 4.79 Å². The zero-order valence-corrected chi connectivity index (χ0v) is 11.4. The SMILES string of the molecule is CN(C(=O)CC1(CN)CCC1)C1CCCCC1O. The second-order valence-electron chi connectivity index (χ2n) is 6.16. The molecule has 104 valence electrons. The quantitative estimate of drug-likeness (QED) is 0.794. The van der Waals surface area contributed by atoms with E-state index in [0.717, 1.165) is 38.5 Å². The number of hydrogen-bond acceptors (Lipinski definition) is 3. The first kappa shape index (κ1) is 13.8. The molecule has 0 aliphatic heterocycles. The van der Waals surface area contributed by atoms with Gasteiger partial charge in [-0.05, 0) is 37.6 Å². The van der Waals surface area contributed by atoms with Crippen LogP contribution in [0.25, 0.3) is 0 Å². The maximum atomic E-state index is 12.3. The van der Waals surface area contributed by atoms with E-state index < -0.39 is 0 Å². The molecule has 0 aromatic rings. The molecule has 0 heterocycles. The summed E-state index contributed by atoms with van der Waals surface area (Å²) in [5, 5.41) is 10.00. The third-order valence-electron chi connectivity index (χ3n) is 4.96. The number of nitrogens with two attached hydrogens (primary N) is 1. The third kappa shape index (κ3) is 2.69. The zero-order valence-electron chi connectivity index (χ0n) is 11.4. The van der Waals surface area contributed by atoms with Crippen LogP contribution in [0, 0.1) is 5.41 Å². The molecule has 2 aliphatic carbocycles. The topological polar surface area (TPSA) is 66.6 Å². The van der Waals surface area contributed by atoms with E-state index in [1.54, 1.807) is 4.90 Å². The van der Waals surface area contributed by atoms with Crippen molar-refractivity contribution in [3.8, 4) is 0 Å². The highest BCUT2D eigenvalue weighted by atomic mass is 16.3. The molecule has 4 nitrogen and oxygen atoms in total. The summed E-state index contributed by atoms with van der Waals surface area (Å²) in [4.78, 5) is 14.1. The van der Waals surface area contributed by atoms with Crippen molar-refractivity contribution in [1.82, 2.24) is 4.90 Å². The first-order chi connectivity index (χ1) is 8.58. The summed E-state index contributed by atoms with van der Waals surface area (Å²) < 4.78 is 0. The van der Waals surface area contributed by atoms with Crippen LogP contribution >= 0.6 is 0 Å². The molecular weight excluding hydrogens is 228 g/mol. The van der Waals surface area contributed by atoms with Gasteiger partial charge in [0.25, 0.3) is 0 Å². The van der Waals surface area contributed by atoms with Gasteiger partial charge in [0, 0.05) is 13.5 Å². The van der Waals surface area contributed by atoms with Gasteiger partial charge in [0.15, 0.2) is 0 Å². The second-order valence-corrected chi connectivity index (χ2v) is 6.16. The minimum absolute atomic E-state index is 0.0150. The van der Waals surface area contributed by atoms with Crippen LogP contribution < -0.4 is 5.73 Å². The molecule has 0 aromatic carbocycles. The lowest BCUT2D eigenvalue weighted by molar-refractivity contribution is -0.139. The van der Waals surface area contributed by atoms with E-state index in [0.29, 0.717) is 13.0 Å². The molecule has 4 heteroatoms. The molecular formula is C14H26N2O2. The van der Waals surface area contributed by atoms with Gasteiger partial charge in [0.2, 0.25) is 5.91 Å². The molecule has 0 aromatic heterocycles. The highest BCUT2D eigenvalue weighted by molar-refractivity contribution is 5.77. The van der Waals surface area contributed by atoms with Crippen molar-refractivity contribution in [3.63, 3.8) is 0 Å². The molecule has 3 N–H and O–H groups in total. The number of carbonyl (C=O) groups is 1. The van der Waals surface area contributed by atoms with Crippen molar-refractivity contribution in [3.05, 3.63) is 0 Å². The van der Waals surface area contributed by atoms with E-state index >= 15 is 0 Å². The van der Waals surface area contributed by atoms with E-state index in [-0.39, 0.29) is 23.5 Å². The van der Waals surface area contributed by atoms with Crippen molar-refractivity contribution in [1.29, 1.82) is 0 Å². The summed E-state index contributed by atoms with van der Waals surface area (Å²) >= 11 is 0. The monoisotopic (exact) mass is 254 g/mol. The molecule has 2 aliphatic rings. The Morgan fingerprint density at radius 1 is 1.33 bits per heavy atom. The van der Waals surface area contributed by atoms with Crippen LogP contribution in [0.2, 0.25) is 0 Å². The molecule has 2 saturated carbocycles. The fourth-order valence-corrected chi connectivity index (χ4v) is 3.30. The first-order valence-corrected chi connectivity index (χ1v) is 7.22. The van der Waals surface area contributed by atoms with E-state index in [1.807, 2.05) is 7.05 Å². The van der Waals surface area contributed by atoms with Crippen molar-refractivity contribution in [2.45, 2.75) is 63.5 Å². The molecule has 2 atom stereocenters. The molecule has 0 radical (unpaired) electrons. The summed E-state index contributed by atoms with van der Waals surface area (Å²) in [7, 11) is 1.84. The average Bonchev–Trinajstić information content (AvgIpc) is 2.33. The number of rotatable bonds is 4. The number of nitrogens with zero attached hydrogens (tertiary/aromatic N) is 1. The summed E-state index contributed by atoms with van der Waals surface area (Å²) in [5.41, 5.74) is 5.86. The number of aliphatic hydroxyl groups excluding tert-OH is 1. The van der Waals surface area contributed by atoms with Gasteiger partial charge < -0.3 is 15.7 Å². The third-order valence-corrected chi connectivity index (χ3v) is 4.96. The van der Waals surface area contributed by atoms with Crippen LogP contribution in [0.5, 0.6) is 0 Å². The minimum Gasteiger partial charge on any atom is -0.391 e. The van der Waals surface area contributed by atoms with E-state index in [2.05, 4.69) is 0 Å². The fourth-order valence-electron chi connectivity index (χ4n) is 3.30. The Morgan fingerprint density at radius 2 is 2.00 bits per heavy atom. The highest BCUT2D eigenvalue weighted by Gasteiger charge is 2.39. The molecule has 2 rings (SSSR count). The number of likely N-dealkylation sites (N-methyl/N-ethyl adjacent to an activating group) is 1. The number of hydrogen-bond donors (Lipinski definition) is 2. The number of amides is 1. The van der Waals surface area contributed by atoms with Crippen LogP contribution in [0.4, 0.5) is 0 Å². The van der Waals surface area contributed by atoms with Gasteiger partial charge in [-0.25, -0.2) is 0 Å². The standard InChI is InChI=1S/C14H26N2O2/c1-16(11-5-2-3-6-12(11)17)13(18)9-14(10-15)7-4-8-14/h11-12,17H,2-10,15H2,1H3. The zero-order chi connectivity index (χ0) is 13.2. The summed E-state index contributed by atoms with van der Waals surface area (Å²) in [6.45, 7) is 0.611. The lowest BCUT2D eigenvalue weighted by atomic mass is 9.66. The number of carbonyl (C=O) groups excluding carboxylic acids is 1. The van der Waals surface area contributed by atoms with Crippen LogP contribution in [-0.4, -0.2) is 41.7 Å². The Labute approximate surface area is 110 Å². The molecule has 2 fully saturated rings. The number of aliphatic hydroxyl groups is 1. The normalized spacial score (nSPS) is 30.6. The van der Waals surface area contributed by atoms with Crippen LogP contribution in [0.15, 0.2) is 0 Å². The minimum atomic E-state index is -0.345. The maximum Gasteiger partial charge on any atom is 0.223 e. The van der Waals surface area contributed by atoms with Gasteiger partial charge in [-0.3, -0.25) is 4.79 Å². The Kier molecular flexibility index (Phi) is 4.28. The van der Waals surface area contributed by atoms with E-state index in [1.165, 1.54) is 6.42 Å². The van der Waals surface area contributed by atoms with Gasteiger partial charge in [0.05, 0.1) is 12.1 Å². The molecule has 2 unspecified atom stereocenters. The van der Waals surface area contributed by atoms with Crippen molar-refractivity contribution < 1.29 is 9.90 Å². The Morgan fingerprint density at radius 3 is 2.50 bits per heavy atom. The Balaban J connectivity index is 1.91. The average molecular weight is 254 g/mol. The Bertz CT molecular complexity index is 297. The van der Waals surface area contributed by atoms with Gasteiger partial charge in [-0.2, -0.15) is 0 Å². The van der Waals surface area contributed by atoms with Crippen molar-refractivity contribution in [2.75, 3.05) is 13.6 Å². The predicted octanol–water partition coefficient (Wildman–Crippen LogP) is 1.27. The second kappa shape index (κ2) is 5.57. The molecule has 0 spiro atoms. The van der Waals surface area contributed by atoms with E-state index in [4.69, 9.17) is 5.73 Å². The van der Waals surface area contributed by atoms with Crippen molar-refractivity contribution >= 4 is 5.91 Å². The molecule has 18 heavy (non-hydrogen) atoms. The first-order valence-electron chi connectivity index (χ1n) is 7.22. The summed E-state index contributed by atoms with van der Waals surface area (Å²) in [5.74, 6) is 0.158.